The van der Waals surface area contributed by atoms with Crippen LogP contribution in [0.15, 0.2) is 24.3 Å². The van der Waals surface area contributed by atoms with E-state index in [4.69, 9.17) is 10.5 Å². The molecule has 4 heteroatoms. The van der Waals surface area contributed by atoms with Crippen molar-refractivity contribution in [2.45, 2.75) is 19.0 Å². The lowest BCUT2D eigenvalue weighted by Crippen LogP contribution is -2.32. The molecule has 0 aliphatic carbocycles. The van der Waals surface area contributed by atoms with Gasteiger partial charge in [0.25, 0.3) is 0 Å². The number of anilines is 1. The number of hydrogen-bond donors (Lipinski definition) is 2. The average Bonchev–Trinajstić information content (AvgIpc) is 2.63. The SMILES string of the molecule is Nc1ccc(CNC2CCOC2=O)cc1. The van der Waals surface area contributed by atoms with E-state index in [1.54, 1.807) is 0 Å². The first-order chi connectivity index (χ1) is 7.25. The summed E-state index contributed by atoms with van der Waals surface area (Å²) in [5.74, 6) is -0.148. The number of benzene rings is 1. The summed E-state index contributed by atoms with van der Waals surface area (Å²) in [6.45, 7) is 1.19. The van der Waals surface area contributed by atoms with Crippen molar-refractivity contribution in [3.63, 3.8) is 0 Å². The molecule has 1 fully saturated rings. The van der Waals surface area contributed by atoms with Crippen molar-refractivity contribution in [1.29, 1.82) is 0 Å². The molecule has 0 bridgehead atoms. The van der Waals surface area contributed by atoms with Gasteiger partial charge in [-0.05, 0) is 17.7 Å². The first kappa shape index (κ1) is 9.98. The Balaban J connectivity index is 1.87. The van der Waals surface area contributed by atoms with Gasteiger partial charge in [-0.2, -0.15) is 0 Å². The summed E-state index contributed by atoms with van der Waals surface area (Å²) in [7, 11) is 0. The average molecular weight is 206 g/mol. The van der Waals surface area contributed by atoms with Gasteiger partial charge in [0, 0.05) is 18.7 Å². The van der Waals surface area contributed by atoms with E-state index in [1.807, 2.05) is 24.3 Å². The summed E-state index contributed by atoms with van der Waals surface area (Å²) in [5, 5.41) is 3.15. The molecule has 80 valence electrons. The number of nitrogen functional groups attached to an aromatic ring is 1. The molecule has 0 amide bonds. The van der Waals surface area contributed by atoms with E-state index in [0.29, 0.717) is 13.2 Å². The summed E-state index contributed by atoms with van der Waals surface area (Å²) in [5.41, 5.74) is 7.44. The van der Waals surface area contributed by atoms with Gasteiger partial charge in [0.15, 0.2) is 0 Å². The largest absolute Gasteiger partial charge is 0.464 e. The Bertz CT molecular complexity index is 348. The molecule has 1 unspecified atom stereocenters. The molecule has 2 rings (SSSR count). The lowest BCUT2D eigenvalue weighted by Gasteiger charge is -2.08. The minimum atomic E-state index is -0.150. The van der Waals surface area contributed by atoms with Crippen LogP contribution in [0.5, 0.6) is 0 Å². The summed E-state index contributed by atoms with van der Waals surface area (Å²) in [6.07, 6.45) is 0.758. The van der Waals surface area contributed by atoms with Crippen molar-refractivity contribution >= 4 is 11.7 Å². The molecule has 0 saturated carbocycles. The van der Waals surface area contributed by atoms with Gasteiger partial charge in [-0.3, -0.25) is 4.79 Å². The van der Waals surface area contributed by atoms with E-state index in [1.165, 1.54) is 0 Å². The van der Waals surface area contributed by atoms with Gasteiger partial charge in [0.05, 0.1) is 6.61 Å². The van der Waals surface area contributed by atoms with E-state index < -0.39 is 0 Å². The maximum atomic E-state index is 11.1. The molecule has 0 aromatic heterocycles. The molecule has 4 nitrogen and oxygen atoms in total. The molecule has 1 aliphatic heterocycles. The van der Waals surface area contributed by atoms with E-state index >= 15 is 0 Å². The summed E-state index contributed by atoms with van der Waals surface area (Å²) >= 11 is 0. The Morgan fingerprint density at radius 2 is 2.13 bits per heavy atom. The van der Waals surface area contributed by atoms with Crippen LogP contribution in [0.2, 0.25) is 0 Å². The van der Waals surface area contributed by atoms with Crippen molar-refractivity contribution < 1.29 is 9.53 Å². The lowest BCUT2D eigenvalue weighted by atomic mass is 10.2. The fourth-order valence-corrected chi connectivity index (χ4v) is 1.56. The van der Waals surface area contributed by atoms with Gasteiger partial charge < -0.3 is 15.8 Å². The maximum Gasteiger partial charge on any atom is 0.323 e. The van der Waals surface area contributed by atoms with Gasteiger partial charge in [0.2, 0.25) is 0 Å². The van der Waals surface area contributed by atoms with Crippen LogP contribution in [0.4, 0.5) is 5.69 Å². The topological polar surface area (TPSA) is 64.3 Å². The fourth-order valence-electron chi connectivity index (χ4n) is 1.56. The second-order valence-corrected chi connectivity index (χ2v) is 3.63. The van der Waals surface area contributed by atoms with Crippen LogP contribution in [0.1, 0.15) is 12.0 Å². The number of carbonyl (C=O) groups is 1. The summed E-state index contributed by atoms with van der Waals surface area (Å²) < 4.78 is 4.85. The smallest absolute Gasteiger partial charge is 0.323 e. The molecule has 1 aromatic rings. The van der Waals surface area contributed by atoms with Crippen molar-refractivity contribution in [3.05, 3.63) is 29.8 Å². The van der Waals surface area contributed by atoms with Crippen molar-refractivity contribution in [3.8, 4) is 0 Å². The number of rotatable bonds is 3. The number of cyclic esters (lactones) is 1. The molecule has 15 heavy (non-hydrogen) atoms. The molecular weight excluding hydrogens is 192 g/mol. The van der Waals surface area contributed by atoms with Crippen LogP contribution in [-0.2, 0) is 16.1 Å². The predicted molar refractivity (Wildman–Crippen MR) is 57.1 cm³/mol. The molecule has 0 spiro atoms. The second kappa shape index (κ2) is 4.31. The van der Waals surface area contributed by atoms with Crippen LogP contribution >= 0.6 is 0 Å². The van der Waals surface area contributed by atoms with Gasteiger partial charge in [0.1, 0.15) is 6.04 Å². The first-order valence-electron chi connectivity index (χ1n) is 5.00. The van der Waals surface area contributed by atoms with Crippen molar-refractivity contribution in [2.24, 2.45) is 0 Å². The predicted octanol–water partition coefficient (Wildman–Crippen LogP) is 0.674. The summed E-state index contributed by atoms with van der Waals surface area (Å²) in [4.78, 5) is 11.1. The standard InChI is InChI=1S/C11H14N2O2/c12-9-3-1-8(2-4-9)7-13-10-5-6-15-11(10)14/h1-4,10,13H,5-7,12H2. The highest BCUT2D eigenvalue weighted by Gasteiger charge is 2.25. The van der Waals surface area contributed by atoms with Gasteiger partial charge >= 0.3 is 5.97 Å². The quantitative estimate of drug-likeness (QED) is 0.563. The number of esters is 1. The third-order valence-electron chi connectivity index (χ3n) is 2.47. The minimum Gasteiger partial charge on any atom is -0.464 e. The Labute approximate surface area is 88.4 Å². The van der Waals surface area contributed by atoms with Crippen LogP contribution in [0.3, 0.4) is 0 Å². The van der Waals surface area contributed by atoms with Crippen molar-refractivity contribution in [2.75, 3.05) is 12.3 Å². The third kappa shape index (κ3) is 2.47. The van der Waals surface area contributed by atoms with Gasteiger partial charge in [-0.25, -0.2) is 0 Å². The van der Waals surface area contributed by atoms with Gasteiger partial charge in [-0.1, -0.05) is 12.1 Å². The number of carbonyl (C=O) groups excluding carboxylic acids is 1. The highest BCUT2D eigenvalue weighted by molar-refractivity contribution is 5.77. The molecule has 3 N–H and O–H groups in total. The van der Waals surface area contributed by atoms with Crippen LogP contribution < -0.4 is 11.1 Å². The zero-order chi connectivity index (χ0) is 10.7. The number of nitrogens with one attached hydrogen (secondary N) is 1. The monoisotopic (exact) mass is 206 g/mol. The molecule has 1 aliphatic rings. The number of nitrogens with two attached hydrogens (primary N) is 1. The molecule has 1 heterocycles. The number of hydrogen-bond acceptors (Lipinski definition) is 4. The zero-order valence-electron chi connectivity index (χ0n) is 8.40. The van der Waals surface area contributed by atoms with Crippen LogP contribution in [-0.4, -0.2) is 18.6 Å². The van der Waals surface area contributed by atoms with E-state index in [-0.39, 0.29) is 12.0 Å². The van der Waals surface area contributed by atoms with E-state index in [0.717, 1.165) is 17.7 Å². The molecule has 0 radical (unpaired) electrons. The van der Waals surface area contributed by atoms with Crippen molar-refractivity contribution in [1.82, 2.24) is 5.32 Å². The molecule has 1 aromatic carbocycles. The number of ether oxygens (including phenoxy) is 1. The Morgan fingerprint density at radius 3 is 2.73 bits per heavy atom. The highest BCUT2D eigenvalue weighted by atomic mass is 16.5. The molecule has 1 saturated heterocycles. The fraction of sp³-hybridized carbons (Fsp3) is 0.364. The Kier molecular flexibility index (Phi) is 2.87. The van der Waals surface area contributed by atoms with Crippen LogP contribution in [0, 0.1) is 0 Å². The summed E-state index contributed by atoms with van der Waals surface area (Å²) in [6, 6.07) is 7.45. The third-order valence-corrected chi connectivity index (χ3v) is 2.47. The van der Waals surface area contributed by atoms with Crippen LogP contribution in [0.25, 0.3) is 0 Å². The maximum absolute atomic E-state index is 11.1. The Morgan fingerprint density at radius 1 is 1.40 bits per heavy atom. The molecule has 1 atom stereocenters. The Hall–Kier alpha value is -1.55. The highest BCUT2D eigenvalue weighted by Crippen LogP contribution is 2.09. The molecular formula is C11H14N2O2. The normalized spacial score (nSPS) is 20.3. The van der Waals surface area contributed by atoms with E-state index in [9.17, 15) is 4.79 Å². The van der Waals surface area contributed by atoms with Gasteiger partial charge in [-0.15, -0.1) is 0 Å². The minimum absolute atomic E-state index is 0.148. The second-order valence-electron chi connectivity index (χ2n) is 3.63. The first-order valence-corrected chi connectivity index (χ1v) is 5.00. The van der Waals surface area contributed by atoms with E-state index in [2.05, 4.69) is 5.32 Å². The zero-order valence-corrected chi connectivity index (χ0v) is 8.40. The lowest BCUT2D eigenvalue weighted by molar-refractivity contribution is -0.139.